The molecule has 3 N–H and O–H groups in total. The molecule has 1 rings (SSSR count). The summed E-state index contributed by atoms with van der Waals surface area (Å²) in [4.78, 5) is 16.4. The normalized spacial score (nSPS) is 11.5. The molecule has 8 nitrogen and oxygen atoms in total. The van der Waals surface area contributed by atoms with E-state index >= 15 is 0 Å². The molecular formula is C9H17N5O3S. The first-order valence-electron chi connectivity index (χ1n) is 5.22. The number of aryl methyl sites for hydroxylation is 1. The van der Waals surface area contributed by atoms with E-state index < -0.39 is 10.0 Å². The Kier molecular flexibility index (Phi) is 4.30. The van der Waals surface area contributed by atoms with Crippen LogP contribution in [0.25, 0.3) is 0 Å². The first kappa shape index (κ1) is 14.5. The predicted molar refractivity (Wildman–Crippen MR) is 66.1 cm³/mol. The van der Waals surface area contributed by atoms with Crippen LogP contribution < -0.4 is 10.5 Å². The van der Waals surface area contributed by atoms with Crippen LogP contribution in [-0.2, 0) is 21.9 Å². The fraction of sp³-hybridized carbons (Fsp3) is 0.556. The van der Waals surface area contributed by atoms with Crippen molar-refractivity contribution in [2.75, 3.05) is 26.4 Å². The molecule has 102 valence electrons. The molecule has 1 heterocycles. The Morgan fingerprint density at radius 2 is 2.17 bits per heavy atom. The predicted octanol–water partition coefficient (Wildman–Crippen LogP) is -1.24. The van der Waals surface area contributed by atoms with Gasteiger partial charge in [-0.05, 0) is 0 Å². The topological polar surface area (TPSA) is 110 Å². The van der Waals surface area contributed by atoms with Gasteiger partial charge in [0.25, 0.3) is 10.0 Å². The molecule has 0 aromatic carbocycles. The molecule has 1 amide bonds. The molecule has 1 aromatic heterocycles. The SMILES string of the molecule is CN(C)C(=O)CCNS(=O)(=O)c1c(N)ncn1C. The van der Waals surface area contributed by atoms with Crippen molar-refractivity contribution < 1.29 is 13.2 Å². The van der Waals surface area contributed by atoms with Gasteiger partial charge in [0.05, 0.1) is 6.33 Å². The monoisotopic (exact) mass is 275 g/mol. The zero-order chi connectivity index (χ0) is 13.9. The number of carbonyl (C=O) groups is 1. The van der Waals surface area contributed by atoms with Crippen LogP contribution in [0.1, 0.15) is 6.42 Å². The molecule has 0 atom stereocenters. The number of aromatic nitrogens is 2. The van der Waals surface area contributed by atoms with Crippen molar-refractivity contribution >= 4 is 21.7 Å². The molecule has 18 heavy (non-hydrogen) atoms. The molecule has 1 aromatic rings. The highest BCUT2D eigenvalue weighted by Crippen LogP contribution is 2.14. The smallest absolute Gasteiger partial charge is 0.260 e. The summed E-state index contributed by atoms with van der Waals surface area (Å²) < 4.78 is 27.4. The van der Waals surface area contributed by atoms with Crippen molar-refractivity contribution in [3.63, 3.8) is 0 Å². The lowest BCUT2D eigenvalue weighted by Gasteiger charge is -2.11. The van der Waals surface area contributed by atoms with Crippen LogP contribution in [0, 0.1) is 0 Å². The number of imidazole rings is 1. The molecule has 0 fully saturated rings. The molecule has 0 aliphatic carbocycles. The number of nitrogens with two attached hydrogens (primary N) is 1. The third-order valence-corrected chi connectivity index (χ3v) is 3.88. The standard InChI is InChI=1S/C9H17N5O3S/c1-13(2)7(15)4-5-12-18(16,17)9-8(10)11-6-14(9)3/h6,12H,4-5,10H2,1-3H3. The van der Waals surface area contributed by atoms with Gasteiger partial charge >= 0.3 is 0 Å². The average molecular weight is 275 g/mol. The second-order valence-electron chi connectivity index (χ2n) is 3.98. The quantitative estimate of drug-likeness (QED) is 0.698. The van der Waals surface area contributed by atoms with E-state index in [0.717, 1.165) is 0 Å². The highest BCUT2D eigenvalue weighted by molar-refractivity contribution is 7.89. The van der Waals surface area contributed by atoms with Gasteiger partial charge in [-0.25, -0.2) is 18.1 Å². The van der Waals surface area contributed by atoms with Crippen LogP contribution >= 0.6 is 0 Å². The van der Waals surface area contributed by atoms with Gasteiger partial charge in [-0.2, -0.15) is 0 Å². The minimum Gasteiger partial charge on any atom is -0.381 e. The number of sulfonamides is 1. The maximum absolute atomic E-state index is 11.9. The zero-order valence-electron chi connectivity index (χ0n) is 10.5. The van der Waals surface area contributed by atoms with Crippen molar-refractivity contribution in [2.24, 2.45) is 7.05 Å². The first-order chi connectivity index (χ1) is 8.25. The van der Waals surface area contributed by atoms with Crippen molar-refractivity contribution in [3.05, 3.63) is 6.33 Å². The van der Waals surface area contributed by atoms with Gasteiger partial charge in [-0.3, -0.25) is 4.79 Å². The minimum absolute atomic E-state index is 0.0178. The Balaban J connectivity index is 2.70. The fourth-order valence-corrected chi connectivity index (χ4v) is 2.61. The highest BCUT2D eigenvalue weighted by atomic mass is 32.2. The van der Waals surface area contributed by atoms with Crippen molar-refractivity contribution in [3.8, 4) is 0 Å². The zero-order valence-corrected chi connectivity index (χ0v) is 11.4. The molecule has 0 saturated heterocycles. The molecule has 0 aliphatic heterocycles. The second-order valence-corrected chi connectivity index (χ2v) is 5.66. The third kappa shape index (κ3) is 3.20. The summed E-state index contributed by atoms with van der Waals surface area (Å²) in [5.41, 5.74) is 5.48. The number of rotatable bonds is 5. The number of nitrogen functional groups attached to an aromatic ring is 1. The van der Waals surface area contributed by atoms with Crippen LogP contribution in [-0.4, -0.2) is 49.4 Å². The van der Waals surface area contributed by atoms with Gasteiger partial charge in [0.1, 0.15) is 0 Å². The van der Waals surface area contributed by atoms with Crippen LogP contribution in [0.3, 0.4) is 0 Å². The second kappa shape index (κ2) is 5.36. The van der Waals surface area contributed by atoms with E-state index in [9.17, 15) is 13.2 Å². The molecule has 9 heteroatoms. The fourth-order valence-electron chi connectivity index (χ4n) is 1.35. The summed E-state index contributed by atoms with van der Waals surface area (Å²) in [6.45, 7) is 0.0178. The van der Waals surface area contributed by atoms with Gasteiger partial charge in [0, 0.05) is 34.1 Å². The van der Waals surface area contributed by atoms with E-state index in [4.69, 9.17) is 5.73 Å². The first-order valence-corrected chi connectivity index (χ1v) is 6.70. The minimum atomic E-state index is -3.74. The Morgan fingerprint density at radius 1 is 1.56 bits per heavy atom. The van der Waals surface area contributed by atoms with E-state index in [2.05, 4.69) is 9.71 Å². The summed E-state index contributed by atoms with van der Waals surface area (Å²) in [7, 11) is 1.000. The molecule has 0 saturated carbocycles. The summed E-state index contributed by atoms with van der Waals surface area (Å²) in [5.74, 6) is -0.223. The van der Waals surface area contributed by atoms with Gasteiger partial charge in [0.2, 0.25) is 5.91 Å². The van der Waals surface area contributed by atoms with Crippen LogP contribution in [0.5, 0.6) is 0 Å². The summed E-state index contributed by atoms with van der Waals surface area (Å²) in [5, 5.41) is -0.0974. The van der Waals surface area contributed by atoms with Crippen molar-refractivity contribution in [2.45, 2.75) is 11.4 Å². The molecule has 0 radical (unpaired) electrons. The van der Waals surface area contributed by atoms with E-state index in [0.29, 0.717) is 0 Å². The Labute approximate surface area is 106 Å². The molecular weight excluding hydrogens is 258 g/mol. The van der Waals surface area contributed by atoms with Crippen molar-refractivity contribution in [1.82, 2.24) is 19.2 Å². The van der Waals surface area contributed by atoms with Crippen LogP contribution in [0.15, 0.2) is 11.4 Å². The van der Waals surface area contributed by atoms with E-state index in [1.807, 2.05) is 0 Å². The number of carbonyl (C=O) groups excluding carboxylic acids is 1. The number of anilines is 1. The molecule has 0 bridgehead atoms. The Bertz CT molecular complexity index is 515. The van der Waals surface area contributed by atoms with Gasteiger partial charge in [-0.15, -0.1) is 0 Å². The Morgan fingerprint density at radius 3 is 2.61 bits per heavy atom. The lowest BCUT2D eigenvalue weighted by Crippen LogP contribution is -2.31. The summed E-state index contributed by atoms with van der Waals surface area (Å²) in [6, 6.07) is 0. The van der Waals surface area contributed by atoms with Crippen LogP contribution in [0.2, 0.25) is 0 Å². The Hall–Kier alpha value is -1.61. The summed E-state index contributed by atoms with van der Waals surface area (Å²) >= 11 is 0. The lowest BCUT2D eigenvalue weighted by atomic mass is 10.4. The number of nitrogens with one attached hydrogen (secondary N) is 1. The third-order valence-electron chi connectivity index (χ3n) is 2.29. The number of amides is 1. The largest absolute Gasteiger partial charge is 0.381 e. The molecule has 0 unspecified atom stereocenters. The number of hydrogen-bond acceptors (Lipinski definition) is 5. The van der Waals surface area contributed by atoms with Gasteiger partial charge in [0.15, 0.2) is 10.8 Å². The molecule has 0 aliphatic rings. The van der Waals surface area contributed by atoms with Gasteiger partial charge < -0.3 is 15.2 Å². The van der Waals surface area contributed by atoms with Crippen LogP contribution in [0.4, 0.5) is 5.82 Å². The van der Waals surface area contributed by atoms with E-state index in [1.165, 1.54) is 22.8 Å². The summed E-state index contributed by atoms with van der Waals surface area (Å²) in [6.07, 6.45) is 1.40. The van der Waals surface area contributed by atoms with Gasteiger partial charge in [-0.1, -0.05) is 0 Å². The molecule has 0 spiro atoms. The lowest BCUT2D eigenvalue weighted by molar-refractivity contribution is -0.128. The number of nitrogens with zero attached hydrogens (tertiary/aromatic N) is 3. The maximum atomic E-state index is 11.9. The maximum Gasteiger partial charge on any atom is 0.260 e. The highest BCUT2D eigenvalue weighted by Gasteiger charge is 2.22. The van der Waals surface area contributed by atoms with E-state index in [-0.39, 0.29) is 29.7 Å². The number of hydrogen-bond donors (Lipinski definition) is 2. The van der Waals surface area contributed by atoms with E-state index in [1.54, 1.807) is 14.1 Å². The average Bonchev–Trinajstić information content (AvgIpc) is 2.58. The van der Waals surface area contributed by atoms with Crippen molar-refractivity contribution in [1.29, 1.82) is 0 Å².